The molecule has 1 rings (SSSR count). The highest BCUT2D eigenvalue weighted by Crippen LogP contribution is 2.25. The Kier molecular flexibility index (Phi) is 5.26. The van der Waals surface area contributed by atoms with E-state index in [0.29, 0.717) is 0 Å². The summed E-state index contributed by atoms with van der Waals surface area (Å²) in [4.78, 5) is 22.4. The first-order chi connectivity index (χ1) is 9.58. The minimum atomic E-state index is -1.12. The van der Waals surface area contributed by atoms with Crippen LogP contribution in [0.5, 0.6) is 0 Å². The van der Waals surface area contributed by atoms with Crippen LogP contribution in [0.2, 0.25) is 0 Å². The van der Waals surface area contributed by atoms with Gasteiger partial charge in [-0.05, 0) is 44.5 Å². The molecule has 0 aliphatic heterocycles. The Hall–Kier alpha value is -2.15. The van der Waals surface area contributed by atoms with E-state index in [1.807, 2.05) is 0 Å². The van der Waals surface area contributed by atoms with Crippen LogP contribution in [-0.2, 0) is 9.53 Å². The van der Waals surface area contributed by atoms with Crippen LogP contribution >= 0.6 is 0 Å². The Balaban J connectivity index is 2.96. The monoisotopic (exact) mass is 298 g/mol. The molecule has 0 spiro atoms. The number of aliphatic carboxylic acids is 1. The fourth-order valence-corrected chi connectivity index (χ4v) is 1.67. The van der Waals surface area contributed by atoms with Crippen molar-refractivity contribution in [2.24, 2.45) is 5.73 Å². The average molecular weight is 298 g/mol. The molecule has 6 nitrogen and oxygen atoms in total. The van der Waals surface area contributed by atoms with Gasteiger partial charge in [0.25, 0.3) is 0 Å². The van der Waals surface area contributed by atoms with Gasteiger partial charge < -0.3 is 15.6 Å². The van der Waals surface area contributed by atoms with E-state index in [1.165, 1.54) is 6.07 Å². The lowest BCUT2D eigenvalue weighted by atomic mass is 10.0. The van der Waals surface area contributed by atoms with Gasteiger partial charge in [-0.25, -0.2) is 9.18 Å². The third-order valence-corrected chi connectivity index (χ3v) is 2.44. The van der Waals surface area contributed by atoms with Crippen molar-refractivity contribution in [3.8, 4) is 0 Å². The number of nitrogens with two attached hydrogens (primary N) is 1. The minimum absolute atomic E-state index is 0.197. The summed E-state index contributed by atoms with van der Waals surface area (Å²) < 4.78 is 18.4. The predicted molar refractivity (Wildman–Crippen MR) is 75.4 cm³/mol. The van der Waals surface area contributed by atoms with E-state index in [2.05, 4.69) is 5.32 Å². The smallest absolute Gasteiger partial charge is 0.412 e. The van der Waals surface area contributed by atoms with Crippen LogP contribution in [0, 0.1) is 5.82 Å². The van der Waals surface area contributed by atoms with Gasteiger partial charge in [0.05, 0.1) is 6.42 Å². The number of carbonyl (C=O) groups is 2. The second kappa shape index (κ2) is 6.53. The van der Waals surface area contributed by atoms with Crippen molar-refractivity contribution in [3.63, 3.8) is 0 Å². The van der Waals surface area contributed by atoms with Gasteiger partial charge in [0.15, 0.2) is 0 Å². The SMILES string of the molecule is CC(C)(C)OC(=O)Nc1ccc(F)cc1C(N)CC(=O)O. The Morgan fingerprint density at radius 2 is 2.05 bits per heavy atom. The number of amides is 1. The quantitative estimate of drug-likeness (QED) is 0.793. The number of rotatable bonds is 4. The maximum atomic E-state index is 13.3. The molecule has 0 aromatic heterocycles. The van der Waals surface area contributed by atoms with Crippen LogP contribution in [0.3, 0.4) is 0 Å². The molecule has 1 aromatic carbocycles. The summed E-state index contributed by atoms with van der Waals surface area (Å²) in [6.07, 6.45) is -1.11. The predicted octanol–water partition coefficient (Wildman–Crippen LogP) is 2.65. The second-order valence-electron chi connectivity index (χ2n) is 5.56. The Labute approximate surface area is 122 Å². The number of nitrogens with one attached hydrogen (secondary N) is 1. The number of carbonyl (C=O) groups excluding carboxylic acids is 1. The number of carboxylic acid groups (broad SMARTS) is 1. The topological polar surface area (TPSA) is 102 Å². The number of carboxylic acids is 1. The lowest BCUT2D eigenvalue weighted by Gasteiger charge is -2.21. The number of anilines is 1. The zero-order valence-corrected chi connectivity index (χ0v) is 12.1. The molecule has 1 aromatic rings. The molecule has 0 aliphatic carbocycles. The summed E-state index contributed by atoms with van der Waals surface area (Å²) in [6.45, 7) is 5.11. The van der Waals surface area contributed by atoms with Crippen molar-refractivity contribution in [1.82, 2.24) is 0 Å². The lowest BCUT2D eigenvalue weighted by Crippen LogP contribution is -2.28. The first-order valence-corrected chi connectivity index (χ1v) is 6.35. The summed E-state index contributed by atoms with van der Waals surface area (Å²) in [5.41, 5.74) is 5.46. The average Bonchev–Trinajstić information content (AvgIpc) is 2.27. The molecule has 0 radical (unpaired) electrons. The molecule has 1 atom stereocenters. The number of halogens is 1. The van der Waals surface area contributed by atoms with Crippen molar-refractivity contribution in [2.75, 3.05) is 5.32 Å². The normalized spacial score (nSPS) is 12.6. The zero-order valence-electron chi connectivity index (χ0n) is 12.1. The van der Waals surface area contributed by atoms with E-state index < -0.39 is 29.5 Å². The highest BCUT2D eigenvalue weighted by Gasteiger charge is 2.20. The number of benzene rings is 1. The molecule has 21 heavy (non-hydrogen) atoms. The van der Waals surface area contributed by atoms with E-state index in [-0.39, 0.29) is 17.7 Å². The maximum Gasteiger partial charge on any atom is 0.412 e. The third-order valence-electron chi connectivity index (χ3n) is 2.44. The number of hydrogen-bond acceptors (Lipinski definition) is 4. The van der Waals surface area contributed by atoms with E-state index in [0.717, 1.165) is 12.1 Å². The van der Waals surface area contributed by atoms with Gasteiger partial charge in [-0.1, -0.05) is 0 Å². The van der Waals surface area contributed by atoms with Gasteiger partial charge in [-0.15, -0.1) is 0 Å². The Morgan fingerprint density at radius 3 is 2.57 bits per heavy atom. The molecular weight excluding hydrogens is 279 g/mol. The van der Waals surface area contributed by atoms with Crippen molar-refractivity contribution >= 4 is 17.7 Å². The molecule has 116 valence electrons. The van der Waals surface area contributed by atoms with Gasteiger partial charge in [0.1, 0.15) is 11.4 Å². The minimum Gasteiger partial charge on any atom is -0.481 e. The summed E-state index contributed by atoms with van der Waals surface area (Å²) >= 11 is 0. The number of hydrogen-bond donors (Lipinski definition) is 3. The summed E-state index contributed by atoms with van der Waals surface area (Å²) in [5, 5.41) is 11.2. The van der Waals surface area contributed by atoms with Gasteiger partial charge in [0, 0.05) is 11.7 Å². The van der Waals surface area contributed by atoms with Crippen LogP contribution in [0.15, 0.2) is 18.2 Å². The molecule has 4 N–H and O–H groups in total. The molecule has 0 saturated heterocycles. The van der Waals surface area contributed by atoms with Crippen molar-refractivity contribution in [2.45, 2.75) is 38.8 Å². The fraction of sp³-hybridized carbons (Fsp3) is 0.429. The highest BCUT2D eigenvalue weighted by atomic mass is 19.1. The first kappa shape index (κ1) is 16.9. The highest BCUT2D eigenvalue weighted by molar-refractivity contribution is 5.86. The van der Waals surface area contributed by atoms with E-state index in [4.69, 9.17) is 15.6 Å². The van der Waals surface area contributed by atoms with Crippen molar-refractivity contribution < 1.29 is 23.8 Å². The van der Waals surface area contributed by atoms with Crippen LogP contribution in [0.4, 0.5) is 14.9 Å². The lowest BCUT2D eigenvalue weighted by molar-refractivity contribution is -0.137. The molecule has 0 fully saturated rings. The fourth-order valence-electron chi connectivity index (χ4n) is 1.67. The molecule has 7 heteroatoms. The zero-order chi connectivity index (χ0) is 16.2. The molecule has 0 aliphatic rings. The van der Waals surface area contributed by atoms with Crippen molar-refractivity contribution in [1.29, 1.82) is 0 Å². The van der Waals surface area contributed by atoms with E-state index >= 15 is 0 Å². The summed E-state index contributed by atoms with van der Waals surface area (Å²) in [7, 11) is 0. The van der Waals surface area contributed by atoms with Gasteiger partial charge in [0.2, 0.25) is 0 Å². The molecule has 1 amide bonds. The second-order valence-corrected chi connectivity index (χ2v) is 5.56. The van der Waals surface area contributed by atoms with Crippen LogP contribution in [-0.4, -0.2) is 22.8 Å². The van der Waals surface area contributed by atoms with Crippen LogP contribution in [0.25, 0.3) is 0 Å². The van der Waals surface area contributed by atoms with Gasteiger partial charge in [-0.2, -0.15) is 0 Å². The van der Waals surface area contributed by atoms with E-state index in [1.54, 1.807) is 20.8 Å². The summed E-state index contributed by atoms with van der Waals surface area (Å²) in [5.74, 6) is -1.68. The first-order valence-electron chi connectivity index (χ1n) is 6.35. The van der Waals surface area contributed by atoms with Gasteiger partial charge in [-0.3, -0.25) is 10.1 Å². The van der Waals surface area contributed by atoms with Crippen molar-refractivity contribution in [3.05, 3.63) is 29.6 Å². The molecule has 0 bridgehead atoms. The molecule has 0 saturated carbocycles. The third kappa shape index (κ3) is 5.78. The number of ether oxygens (including phenoxy) is 1. The van der Waals surface area contributed by atoms with Crippen LogP contribution < -0.4 is 11.1 Å². The largest absolute Gasteiger partial charge is 0.481 e. The Bertz CT molecular complexity index is 540. The molecular formula is C14H19FN2O4. The Morgan fingerprint density at radius 1 is 1.43 bits per heavy atom. The van der Waals surface area contributed by atoms with Crippen LogP contribution in [0.1, 0.15) is 38.8 Å². The standard InChI is InChI=1S/C14H19FN2O4/c1-14(2,3)21-13(20)17-11-5-4-8(15)6-9(11)10(16)7-12(18)19/h4-6,10H,7,16H2,1-3H3,(H,17,20)(H,18,19). The van der Waals surface area contributed by atoms with Gasteiger partial charge >= 0.3 is 12.1 Å². The molecule has 1 unspecified atom stereocenters. The van der Waals surface area contributed by atoms with E-state index in [9.17, 15) is 14.0 Å². The maximum absolute atomic E-state index is 13.3. The summed E-state index contributed by atoms with van der Waals surface area (Å²) in [6, 6.07) is 2.61. The molecule has 0 heterocycles.